The lowest BCUT2D eigenvalue weighted by Crippen LogP contribution is -2.43. The molecule has 0 radical (unpaired) electrons. The van der Waals surface area contributed by atoms with Crippen LogP contribution in [0.3, 0.4) is 0 Å². The van der Waals surface area contributed by atoms with Gasteiger partial charge in [0.05, 0.1) is 32.4 Å². The van der Waals surface area contributed by atoms with Crippen LogP contribution in [0.5, 0.6) is 5.75 Å². The van der Waals surface area contributed by atoms with Crippen molar-refractivity contribution in [3.05, 3.63) is 70.8 Å². The highest BCUT2D eigenvalue weighted by atomic mass is 16.6. The fourth-order valence-electron chi connectivity index (χ4n) is 3.49. The lowest BCUT2D eigenvalue weighted by Gasteiger charge is -2.32. The maximum atomic E-state index is 12.7. The molecule has 4 rings (SSSR count). The summed E-state index contributed by atoms with van der Waals surface area (Å²) < 4.78 is 15.9. The molecule has 1 atom stereocenters. The number of morpholine rings is 1. The highest BCUT2D eigenvalue weighted by molar-refractivity contribution is 5.78. The van der Waals surface area contributed by atoms with Gasteiger partial charge in [0.25, 0.3) is 0 Å². The summed E-state index contributed by atoms with van der Waals surface area (Å²) in [5.41, 5.74) is 4.10. The minimum atomic E-state index is -0.260. The molecule has 0 unspecified atom stereocenters. The second kappa shape index (κ2) is 9.04. The van der Waals surface area contributed by atoms with E-state index in [2.05, 4.69) is 21.0 Å². The number of carbonyl (C=O) groups excluding carboxylic acids is 1. The summed E-state index contributed by atoms with van der Waals surface area (Å²) in [5, 5.41) is 7.54. The second-order valence-corrected chi connectivity index (χ2v) is 7.25. The number of hydrogen-bond acceptors (Lipinski definition) is 7. The summed E-state index contributed by atoms with van der Waals surface area (Å²) in [4.78, 5) is 19.3. The van der Waals surface area contributed by atoms with E-state index in [-0.39, 0.29) is 18.4 Å². The first-order valence-corrected chi connectivity index (χ1v) is 9.88. The normalized spacial score (nSPS) is 16.5. The number of rotatable bonds is 6. The number of benzene rings is 1. The van der Waals surface area contributed by atoms with Crippen LogP contribution in [0.25, 0.3) is 0 Å². The van der Waals surface area contributed by atoms with Gasteiger partial charge in [0.15, 0.2) is 0 Å². The van der Waals surface area contributed by atoms with Crippen molar-refractivity contribution in [1.29, 1.82) is 0 Å². The zero-order valence-corrected chi connectivity index (χ0v) is 17.1. The topological polar surface area (TPSA) is 90.6 Å². The zero-order valence-electron chi connectivity index (χ0n) is 17.1. The number of ether oxygens (including phenoxy) is 2. The highest BCUT2D eigenvalue weighted by Gasteiger charge is 2.27. The fraction of sp³-hybridized carbons (Fsp3) is 0.364. The Bertz CT molecular complexity index is 1020. The fourth-order valence-corrected chi connectivity index (χ4v) is 3.49. The lowest BCUT2D eigenvalue weighted by molar-refractivity contribution is -0.138. The minimum absolute atomic E-state index is 0.0189. The number of carbonyl (C=O) groups is 1. The van der Waals surface area contributed by atoms with Crippen LogP contribution in [0.1, 0.15) is 34.4 Å². The van der Waals surface area contributed by atoms with Crippen molar-refractivity contribution >= 4 is 5.91 Å². The van der Waals surface area contributed by atoms with E-state index in [9.17, 15) is 4.79 Å². The average Bonchev–Trinajstić information content (AvgIpc) is 3.18. The van der Waals surface area contributed by atoms with Crippen molar-refractivity contribution in [1.82, 2.24) is 20.2 Å². The summed E-state index contributed by atoms with van der Waals surface area (Å²) in [6, 6.07) is 13.9. The van der Waals surface area contributed by atoms with Gasteiger partial charge in [-0.1, -0.05) is 28.5 Å². The number of methoxy groups -OCH3 is 1. The van der Waals surface area contributed by atoms with E-state index in [0.29, 0.717) is 37.5 Å². The summed E-state index contributed by atoms with van der Waals surface area (Å²) in [5.74, 6) is 0.806. The molecule has 3 heterocycles. The molecule has 1 amide bonds. The Kier molecular flexibility index (Phi) is 6.04. The van der Waals surface area contributed by atoms with Gasteiger partial charge in [-0.05, 0) is 36.8 Å². The van der Waals surface area contributed by atoms with Gasteiger partial charge in [-0.2, -0.15) is 0 Å². The van der Waals surface area contributed by atoms with E-state index in [0.717, 1.165) is 22.7 Å². The molecule has 1 fully saturated rings. The van der Waals surface area contributed by atoms with Gasteiger partial charge in [-0.3, -0.25) is 9.78 Å². The van der Waals surface area contributed by atoms with Crippen LogP contribution in [0.4, 0.5) is 0 Å². The Morgan fingerprint density at radius 3 is 2.90 bits per heavy atom. The summed E-state index contributed by atoms with van der Waals surface area (Å²) in [6.45, 7) is 3.25. The van der Waals surface area contributed by atoms with Crippen LogP contribution >= 0.6 is 0 Å². The maximum absolute atomic E-state index is 12.7. The van der Waals surface area contributed by atoms with E-state index < -0.39 is 0 Å². The molecule has 2 aromatic heterocycles. The Morgan fingerprint density at radius 1 is 1.23 bits per heavy atom. The van der Waals surface area contributed by atoms with Crippen molar-refractivity contribution < 1.29 is 18.9 Å². The van der Waals surface area contributed by atoms with E-state index in [1.807, 2.05) is 36.4 Å². The predicted molar refractivity (Wildman–Crippen MR) is 108 cm³/mol. The molecule has 3 aromatic rings. The Labute approximate surface area is 174 Å². The summed E-state index contributed by atoms with van der Waals surface area (Å²) in [7, 11) is 1.66. The van der Waals surface area contributed by atoms with Crippen LogP contribution < -0.4 is 4.74 Å². The van der Waals surface area contributed by atoms with Crippen LogP contribution in [-0.2, 0) is 22.4 Å². The van der Waals surface area contributed by atoms with Gasteiger partial charge in [0.1, 0.15) is 23.2 Å². The molecule has 0 saturated carbocycles. The van der Waals surface area contributed by atoms with E-state index in [1.54, 1.807) is 18.9 Å². The average molecular weight is 408 g/mol. The quantitative estimate of drug-likeness (QED) is 0.619. The largest absolute Gasteiger partial charge is 0.497 e. The zero-order chi connectivity index (χ0) is 20.9. The van der Waals surface area contributed by atoms with Crippen molar-refractivity contribution in [3.8, 4) is 5.75 Å². The molecule has 1 saturated heterocycles. The SMILES string of the molecule is COc1cccc(Cc2cccc([C@@H]3CN(C(=O)Cc4nonc4C)CCO3)n2)c1. The molecule has 0 spiro atoms. The molecule has 1 aromatic carbocycles. The van der Waals surface area contributed by atoms with Gasteiger partial charge in [0, 0.05) is 18.7 Å². The Hall–Kier alpha value is -3.26. The Morgan fingerprint density at radius 2 is 2.10 bits per heavy atom. The number of amides is 1. The van der Waals surface area contributed by atoms with E-state index in [4.69, 9.17) is 14.5 Å². The van der Waals surface area contributed by atoms with Crippen molar-refractivity contribution in [2.75, 3.05) is 26.8 Å². The molecule has 0 bridgehead atoms. The molecule has 30 heavy (non-hydrogen) atoms. The van der Waals surface area contributed by atoms with E-state index >= 15 is 0 Å². The molecular weight excluding hydrogens is 384 g/mol. The van der Waals surface area contributed by atoms with Gasteiger partial charge < -0.3 is 14.4 Å². The van der Waals surface area contributed by atoms with Crippen LogP contribution in [0.15, 0.2) is 47.1 Å². The molecule has 0 aliphatic carbocycles. The van der Waals surface area contributed by atoms with Gasteiger partial charge >= 0.3 is 0 Å². The number of aromatic nitrogens is 3. The van der Waals surface area contributed by atoms with E-state index in [1.165, 1.54) is 0 Å². The third-order valence-electron chi connectivity index (χ3n) is 5.16. The van der Waals surface area contributed by atoms with Gasteiger partial charge in [-0.15, -0.1) is 0 Å². The van der Waals surface area contributed by atoms with Crippen LogP contribution in [-0.4, -0.2) is 52.9 Å². The summed E-state index contributed by atoms with van der Waals surface area (Å²) >= 11 is 0. The van der Waals surface area contributed by atoms with Crippen molar-refractivity contribution in [3.63, 3.8) is 0 Å². The summed E-state index contributed by atoms with van der Waals surface area (Å²) in [6.07, 6.45) is 0.606. The van der Waals surface area contributed by atoms with Crippen LogP contribution in [0, 0.1) is 6.92 Å². The van der Waals surface area contributed by atoms with Gasteiger partial charge in [0.2, 0.25) is 5.91 Å². The molecule has 1 aliphatic heterocycles. The smallest absolute Gasteiger partial charge is 0.228 e. The molecule has 8 nitrogen and oxygen atoms in total. The first-order valence-electron chi connectivity index (χ1n) is 9.88. The lowest BCUT2D eigenvalue weighted by atomic mass is 10.1. The standard InChI is InChI=1S/C22H24N4O4/c1-15-20(25-30-24-15)13-22(27)26-9-10-29-21(14-26)19-8-4-6-17(23-19)11-16-5-3-7-18(12-16)28-2/h3-8,12,21H,9-11,13-14H2,1-2H3/t21-/m0/s1. The molecule has 0 N–H and O–H groups in total. The first kappa shape index (κ1) is 20.0. The number of aryl methyl sites for hydroxylation is 1. The monoisotopic (exact) mass is 408 g/mol. The third kappa shape index (κ3) is 4.65. The maximum Gasteiger partial charge on any atom is 0.228 e. The number of hydrogen-bond donors (Lipinski definition) is 0. The molecule has 156 valence electrons. The van der Waals surface area contributed by atoms with Crippen molar-refractivity contribution in [2.24, 2.45) is 0 Å². The second-order valence-electron chi connectivity index (χ2n) is 7.25. The van der Waals surface area contributed by atoms with Gasteiger partial charge in [-0.25, -0.2) is 4.63 Å². The van der Waals surface area contributed by atoms with Crippen LogP contribution in [0.2, 0.25) is 0 Å². The molecule has 8 heteroatoms. The number of pyridine rings is 1. The Balaban J connectivity index is 1.43. The first-order chi connectivity index (χ1) is 14.6. The number of nitrogens with zero attached hydrogens (tertiary/aromatic N) is 4. The highest BCUT2D eigenvalue weighted by Crippen LogP contribution is 2.23. The predicted octanol–water partition coefficient (Wildman–Crippen LogP) is 2.52. The molecule has 1 aliphatic rings. The van der Waals surface area contributed by atoms with Crippen molar-refractivity contribution in [2.45, 2.75) is 25.9 Å². The third-order valence-corrected chi connectivity index (χ3v) is 5.16. The minimum Gasteiger partial charge on any atom is -0.497 e. The molecular formula is C22H24N4O4.